The third-order valence-corrected chi connectivity index (χ3v) is 4.36. The third kappa shape index (κ3) is 16.7. The van der Waals surface area contributed by atoms with Crippen molar-refractivity contribution in [3.8, 4) is 0 Å². The summed E-state index contributed by atoms with van der Waals surface area (Å²) in [5.74, 6) is 0. The number of unbranched alkanes of at least 4 members (excludes halogenated alkanes) is 3. The topological polar surface area (TPSA) is 111 Å². The summed E-state index contributed by atoms with van der Waals surface area (Å²) in [6.07, 6.45) is 12.5. The van der Waals surface area contributed by atoms with Gasteiger partial charge < -0.3 is 22.9 Å². The normalized spacial score (nSPS) is 12.1. The van der Waals surface area contributed by atoms with Crippen molar-refractivity contribution in [3.63, 3.8) is 0 Å². The van der Waals surface area contributed by atoms with Crippen LogP contribution in [0.15, 0.2) is 12.2 Å². The molecule has 0 saturated carbocycles. The van der Waals surface area contributed by atoms with Crippen molar-refractivity contribution in [1.82, 2.24) is 9.80 Å². The van der Waals surface area contributed by atoms with Crippen molar-refractivity contribution >= 4 is 0 Å². The number of nitrogens with two attached hydrogens (primary N) is 4. The Morgan fingerprint density at radius 2 is 0.800 bits per heavy atom. The fourth-order valence-corrected chi connectivity index (χ4v) is 2.80. The molecule has 0 spiro atoms. The van der Waals surface area contributed by atoms with Crippen LogP contribution >= 0.6 is 0 Å². The first-order chi connectivity index (χ1) is 12.3. The van der Waals surface area contributed by atoms with Gasteiger partial charge in [-0.1, -0.05) is 18.6 Å². The zero-order valence-electron chi connectivity index (χ0n) is 16.4. The quantitative estimate of drug-likeness (QED) is 0.200. The molecule has 150 valence electrons. The van der Waals surface area contributed by atoms with Crippen LogP contribution in [0.2, 0.25) is 0 Å². The van der Waals surface area contributed by atoms with E-state index in [2.05, 4.69) is 22.0 Å². The monoisotopic (exact) mass is 356 g/mol. The Bertz CT molecular complexity index is 285. The van der Waals surface area contributed by atoms with Crippen LogP contribution in [0, 0.1) is 0 Å². The molecule has 0 bridgehead atoms. The Kier molecular flexibility index (Phi) is 19.4. The average molecular weight is 357 g/mol. The molecule has 0 aromatic heterocycles. The lowest BCUT2D eigenvalue weighted by Gasteiger charge is -2.22. The fraction of sp³-hybridized carbons (Fsp3) is 0.895. The minimum Gasteiger partial charge on any atom is -0.330 e. The van der Waals surface area contributed by atoms with Crippen LogP contribution in [-0.4, -0.2) is 75.2 Å². The smallest absolute Gasteiger partial charge is 0.0163 e. The van der Waals surface area contributed by atoms with Gasteiger partial charge in [0.1, 0.15) is 0 Å². The Balaban J connectivity index is 4.15. The van der Waals surface area contributed by atoms with Gasteiger partial charge in [-0.3, -0.25) is 9.80 Å². The molecule has 0 aliphatic heterocycles. The summed E-state index contributed by atoms with van der Waals surface area (Å²) < 4.78 is 0. The highest BCUT2D eigenvalue weighted by atomic mass is 15.1. The summed E-state index contributed by atoms with van der Waals surface area (Å²) in [5.41, 5.74) is 22.5. The molecule has 8 N–H and O–H groups in total. The maximum atomic E-state index is 5.67. The second-order valence-electron chi connectivity index (χ2n) is 6.70. The molecule has 0 aliphatic rings. The van der Waals surface area contributed by atoms with Crippen molar-refractivity contribution < 1.29 is 0 Å². The van der Waals surface area contributed by atoms with E-state index in [0.717, 1.165) is 91.1 Å². The van der Waals surface area contributed by atoms with Crippen molar-refractivity contribution in [2.24, 2.45) is 22.9 Å². The Hall–Kier alpha value is -0.500. The third-order valence-electron chi connectivity index (χ3n) is 4.36. The highest BCUT2D eigenvalue weighted by molar-refractivity contribution is 4.88. The van der Waals surface area contributed by atoms with Crippen molar-refractivity contribution in [1.29, 1.82) is 0 Å². The molecular weight excluding hydrogens is 312 g/mol. The first-order valence-corrected chi connectivity index (χ1v) is 10.2. The molecule has 0 saturated heterocycles. The lowest BCUT2D eigenvalue weighted by atomic mass is 10.2. The maximum Gasteiger partial charge on any atom is 0.0163 e. The first kappa shape index (κ1) is 24.5. The molecule has 0 fully saturated rings. The van der Waals surface area contributed by atoms with Gasteiger partial charge in [0.15, 0.2) is 0 Å². The van der Waals surface area contributed by atoms with Gasteiger partial charge in [0.25, 0.3) is 0 Å². The summed E-state index contributed by atoms with van der Waals surface area (Å²) in [6.45, 7) is 9.50. The molecule has 0 heterocycles. The zero-order valence-corrected chi connectivity index (χ0v) is 16.4. The molecule has 0 amide bonds. The second-order valence-corrected chi connectivity index (χ2v) is 6.70. The SMILES string of the molecule is NCCCCCN(C/C=C/CN(CCCN)CCCCN)CCCN. The van der Waals surface area contributed by atoms with Crippen LogP contribution in [0.1, 0.15) is 44.9 Å². The summed E-state index contributed by atoms with van der Waals surface area (Å²) >= 11 is 0. The minimum atomic E-state index is 0.757. The Labute approximate surface area is 155 Å². The van der Waals surface area contributed by atoms with E-state index in [1.54, 1.807) is 0 Å². The van der Waals surface area contributed by atoms with E-state index in [0.29, 0.717) is 0 Å². The Morgan fingerprint density at radius 1 is 0.440 bits per heavy atom. The summed E-state index contributed by atoms with van der Waals surface area (Å²) in [7, 11) is 0. The van der Waals surface area contributed by atoms with E-state index >= 15 is 0 Å². The van der Waals surface area contributed by atoms with Crippen LogP contribution in [0.25, 0.3) is 0 Å². The lowest BCUT2D eigenvalue weighted by molar-refractivity contribution is 0.286. The van der Waals surface area contributed by atoms with Gasteiger partial charge in [0.2, 0.25) is 0 Å². The predicted molar refractivity (Wildman–Crippen MR) is 111 cm³/mol. The lowest BCUT2D eigenvalue weighted by Crippen LogP contribution is -2.29. The van der Waals surface area contributed by atoms with Crippen LogP contribution in [0.3, 0.4) is 0 Å². The van der Waals surface area contributed by atoms with Gasteiger partial charge in [-0.2, -0.15) is 0 Å². The molecule has 0 aromatic carbocycles. The van der Waals surface area contributed by atoms with Gasteiger partial charge in [-0.15, -0.1) is 0 Å². The Morgan fingerprint density at radius 3 is 1.24 bits per heavy atom. The molecule has 0 atom stereocenters. The number of rotatable bonds is 19. The van der Waals surface area contributed by atoms with Crippen molar-refractivity contribution in [2.75, 3.05) is 65.4 Å². The molecule has 0 aliphatic carbocycles. The zero-order chi connectivity index (χ0) is 18.6. The van der Waals surface area contributed by atoms with Crippen molar-refractivity contribution in [2.45, 2.75) is 44.9 Å². The number of hydrogen-bond donors (Lipinski definition) is 4. The molecule has 0 rings (SSSR count). The van der Waals surface area contributed by atoms with E-state index < -0.39 is 0 Å². The van der Waals surface area contributed by atoms with E-state index in [1.165, 1.54) is 19.3 Å². The highest BCUT2D eigenvalue weighted by Gasteiger charge is 2.04. The molecule has 6 heteroatoms. The highest BCUT2D eigenvalue weighted by Crippen LogP contribution is 2.01. The molecule has 0 radical (unpaired) electrons. The van der Waals surface area contributed by atoms with Gasteiger partial charge in [-0.05, 0) is 90.9 Å². The molecule has 25 heavy (non-hydrogen) atoms. The van der Waals surface area contributed by atoms with Gasteiger partial charge in [0.05, 0.1) is 0 Å². The molecule has 6 nitrogen and oxygen atoms in total. The first-order valence-electron chi connectivity index (χ1n) is 10.2. The van der Waals surface area contributed by atoms with E-state index in [4.69, 9.17) is 22.9 Å². The number of nitrogens with zero attached hydrogens (tertiary/aromatic N) is 2. The molecule has 0 aromatic rings. The van der Waals surface area contributed by atoms with E-state index in [1.807, 2.05) is 0 Å². The van der Waals surface area contributed by atoms with Gasteiger partial charge in [-0.25, -0.2) is 0 Å². The van der Waals surface area contributed by atoms with Crippen molar-refractivity contribution in [3.05, 3.63) is 12.2 Å². The molecular formula is C19H44N6. The number of hydrogen-bond acceptors (Lipinski definition) is 6. The summed E-state index contributed by atoms with van der Waals surface area (Å²) in [4.78, 5) is 4.98. The fourth-order valence-electron chi connectivity index (χ4n) is 2.80. The summed E-state index contributed by atoms with van der Waals surface area (Å²) in [5, 5.41) is 0. The van der Waals surface area contributed by atoms with Crippen LogP contribution in [0.5, 0.6) is 0 Å². The molecule has 0 unspecified atom stereocenters. The van der Waals surface area contributed by atoms with Gasteiger partial charge in [0, 0.05) is 13.1 Å². The maximum absolute atomic E-state index is 5.67. The minimum absolute atomic E-state index is 0.757. The standard InChI is InChI=1S/C19H44N6/c20-10-2-1-4-14-24(18-8-12-22)16-6-7-17-25(19-9-13-23)15-5-3-11-21/h6-7H,1-5,8-23H2/b7-6+. The van der Waals surface area contributed by atoms with E-state index in [-0.39, 0.29) is 0 Å². The average Bonchev–Trinajstić information content (AvgIpc) is 2.63. The predicted octanol–water partition coefficient (Wildman–Crippen LogP) is 0.712. The summed E-state index contributed by atoms with van der Waals surface area (Å²) in [6, 6.07) is 0. The van der Waals surface area contributed by atoms with Crippen LogP contribution in [-0.2, 0) is 0 Å². The second kappa shape index (κ2) is 19.8. The van der Waals surface area contributed by atoms with E-state index in [9.17, 15) is 0 Å². The van der Waals surface area contributed by atoms with Crippen LogP contribution < -0.4 is 22.9 Å². The van der Waals surface area contributed by atoms with Gasteiger partial charge >= 0.3 is 0 Å². The van der Waals surface area contributed by atoms with Crippen LogP contribution in [0.4, 0.5) is 0 Å². The largest absolute Gasteiger partial charge is 0.330 e.